The maximum Gasteiger partial charge on any atom is 0.150 e. The Kier molecular flexibility index (Phi) is 3.83. The molecule has 4 aromatic rings. The van der Waals surface area contributed by atoms with Gasteiger partial charge < -0.3 is 4.57 Å². The zero-order valence-corrected chi connectivity index (χ0v) is 13.6. The maximum absolute atomic E-state index is 3.35. The van der Waals surface area contributed by atoms with Crippen LogP contribution in [-0.4, -0.2) is 0 Å². The minimum absolute atomic E-state index is 0. The van der Waals surface area contributed by atoms with Crippen molar-refractivity contribution >= 4 is 21.7 Å². The van der Waals surface area contributed by atoms with Crippen LogP contribution < -0.4 is 4.57 Å². The molecule has 0 aliphatic carbocycles. The van der Waals surface area contributed by atoms with E-state index in [4.69, 9.17) is 0 Å². The molecular weight excluding hydrogens is 434 g/mol. The Labute approximate surface area is 137 Å². The van der Waals surface area contributed by atoms with Crippen molar-refractivity contribution in [3.05, 3.63) is 85.1 Å². The third kappa shape index (κ3) is 2.49. The standard InChI is InChI=1S/C19H12N.Ir/c1-2-8-17-14-18(12-11-15(17)6-1)20-13-5-9-16-7-3-4-10-19(16)20;/h1-11,14H;/q-1;. The number of rotatable bonds is 1. The van der Waals surface area contributed by atoms with Crippen LogP contribution in [0.15, 0.2) is 72.8 Å². The fraction of sp³-hybridized carbons (Fsp3) is 0. The van der Waals surface area contributed by atoms with Crippen LogP contribution in [0.4, 0.5) is 0 Å². The molecule has 103 valence electrons. The van der Waals surface area contributed by atoms with Crippen LogP contribution in [0.2, 0.25) is 0 Å². The van der Waals surface area contributed by atoms with Crippen molar-refractivity contribution in [2.75, 3.05) is 0 Å². The predicted molar refractivity (Wildman–Crippen MR) is 80.7 cm³/mol. The second kappa shape index (κ2) is 5.77. The number of para-hydroxylation sites is 1. The van der Waals surface area contributed by atoms with Crippen LogP contribution in [0.25, 0.3) is 27.4 Å². The van der Waals surface area contributed by atoms with Gasteiger partial charge in [0.2, 0.25) is 0 Å². The molecule has 0 spiro atoms. The van der Waals surface area contributed by atoms with Gasteiger partial charge in [0.25, 0.3) is 0 Å². The summed E-state index contributed by atoms with van der Waals surface area (Å²) < 4.78 is 2.06. The Bertz CT molecular complexity index is 910. The zero-order valence-electron chi connectivity index (χ0n) is 11.2. The van der Waals surface area contributed by atoms with Crippen molar-refractivity contribution in [1.29, 1.82) is 0 Å². The number of nitrogens with zero attached hydrogens (tertiary/aromatic N) is 1. The molecule has 1 radical (unpaired) electrons. The van der Waals surface area contributed by atoms with Crippen LogP contribution >= 0.6 is 0 Å². The molecule has 0 aliphatic rings. The Morgan fingerprint density at radius 1 is 0.762 bits per heavy atom. The van der Waals surface area contributed by atoms with Gasteiger partial charge in [0.15, 0.2) is 6.20 Å². The van der Waals surface area contributed by atoms with Gasteiger partial charge in [-0.3, -0.25) is 0 Å². The van der Waals surface area contributed by atoms with Crippen molar-refractivity contribution in [2.45, 2.75) is 0 Å². The van der Waals surface area contributed by atoms with E-state index in [1.165, 1.54) is 16.2 Å². The Morgan fingerprint density at radius 3 is 2.33 bits per heavy atom. The van der Waals surface area contributed by atoms with Gasteiger partial charge >= 0.3 is 0 Å². The first-order valence-electron chi connectivity index (χ1n) is 6.64. The van der Waals surface area contributed by atoms with Crippen molar-refractivity contribution in [3.8, 4) is 5.69 Å². The number of hydrogen-bond donors (Lipinski definition) is 0. The van der Waals surface area contributed by atoms with Crippen LogP contribution in [0, 0.1) is 12.3 Å². The summed E-state index contributed by atoms with van der Waals surface area (Å²) in [6.45, 7) is 0. The zero-order chi connectivity index (χ0) is 13.4. The summed E-state index contributed by atoms with van der Waals surface area (Å²) in [4.78, 5) is 0. The maximum atomic E-state index is 3.35. The molecule has 0 amide bonds. The monoisotopic (exact) mass is 447 g/mol. The van der Waals surface area contributed by atoms with E-state index < -0.39 is 0 Å². The van der Waals surface area contributed by atoms with Crippen molar-refractivity contribution in [3.63, 3.8) is 0 Å². The van der Waals surface area contributed by atoms with E-state index in [1.54, 1.807) is 0 Å². The van der Waals surface area contributed by atoms with E-state index in [2.05, 4.69) is 65.4 Å². The van der Waals surface area contributed by atoms with Crippen LogP contribution in [-0.2, 0) is 20.1 Å². The van der Waals surface area contributed by atoms with E-state index in [0.717, 1.165) is 11.2 Å². The van der Waals surface area contributed by atoms with Crippen molar-refractivity contribution < 1.29 is 24.7 Å². The molecule has 0 fully saturated rings. The Morgan fingerprint density at radius 2 is 1.48 bits per heavy atom. The average Bonchev–Trinajstić information content (AvgIpc) is 2.54. The molecule has 4 rings (SSSR count). The number of fused-ring (bicyclic) bond motifs is 2. The van der Waals surface area contributed by atoms with Gasteiger partial charge in [-0.25, -0.2) is 0 Å². The van der Waals surface area contributed by atoms with E-state index in [1.807, 2.05) is 24.3 Å². The summed E-state index contributed by atoms with van der Waals surface area (Å²) in [5, 5.41) is 3.62. The Balaban J connectivity index is 0.00000132. The molecule has 0 N–H and O–H groups in total. The summed E-state index contributed by atoms with van der Waals surface area (Å²) in [7, 11) is 0. The first kappa shape index (κ1) is 13.9. The fourth-order valence-corrected chi connectivity index (χ4v) is 2.55. The SMILES string of the molecule is [Ir].[c-]1cc2ccccc2cc1-[n+]1[c-]ccc2ccccc21. The number of hydrogen-bond acceptors (Lipinski definition) is 0. The molecule has 1 heterocycles. The van der Waals surface area contributed by atoms with Gasteiger partial charge in [-0.05, 0) is 11.5 Å². The van der Waals surface area contributed by atoms with Crippen LogP contribution in [0.3, 0.4) is 0 Å². The molecule has 1 aromatic heterocycles. The molecule has 0 saturated carbocycles. The number of aromatic nitrogens is 1. The first-order chi connectivity index (χ1) is 9.92. The second-order valence-electron chi connectivity index (χ2n) is 4.80. The third-order valence-corrected chi connectivity index (χ3v) is 3.55. The largest absolute Gasteiger partial charge is 0.300 e. The van der Waals surface area contributed by atoms with Crippen molar-refractivity contribution in [2.24, 2.45) is 0 Å². The van der Waals surface area contributed by atoms with Crippen molar-refractivity contribution in [1.82, 2.24) is 0 Å². The van der Waals surface area contributed by atoms with Crippen LogP contribution in [0.5, 0.6) is 0 Å². The molecule has 21 heavy (non-hydrogen) atoms. The minimum Gasteiger partial charge on any atom is -0.300 e. The van der Waals surface area contributed by atoms with Gasteiger partial charge in [-0.1, -0.05) is 42.5 Å². The first-order valence-corrected chi connectivity index (χ1v) is 6.64. The molecular formula is C19H12IrN-. The third-order valence-electron chi connectivity index (χ3n) is 3.55. The van der Waals surface area contributed by atoms with E-state index >= 15 is 0 Å². The predicted octanol–water partition coefficient (Wildman–Crippen LogP) is 3.87. The molecule has 0 aliphatic heterocycles. The Hall–Kier alpha value is -2.02. The molecule has 0 bridgehead atoms. The number of pyridine rings is 1. The average molecular weight is 447 g/mol. The normalized spacial score (nSPS) is 10.5. The second-order valence-corrected chi connectivity index (χ2v) is 4.80. The fourth-order valence-electron chi connectivity index (χ4n) is 2.55. The molecule has 2 heteroatoms. The van der Waals surface area contributed by atoms with E-state index in [0.29, 0.717) is 0 Å². The molecule has 0 atom stereocenters. The summed E-state index contributed by atoms with van der Waals surface area (Å²) in [5.41, 5.74) is 2.15. The summed E-state index contributed by atoms with van der Waals surface area (Å²) >= 11 is 0. The topological polar surface area (TPSA) is 3.88 Å². The molecule has 0 unspecified atom stereocenters. The number of benzene rings is 3. The van der Waals surface area contributed by atoms with Gasteiger partial charge in [-0.15, -0.1) is 29.0 Å². The molecule has 0 saturated heterocycles. The van der Waals surface area contributed by atoms with Gasteiger partial charge in [0.1, 0.15) is 5.52 Å². The van der Waals surface area contributed by atoms with E-state index in [9.17, 15) is 0 Å². The van der Waals surface area contributed by atoms with E-state index in [-0.39, 0.29) is 20.1 Å². The molecule has 3 aromatic carbocycles. The van der Waals surface area contributed by atoms with Gasteiger partial charge in [-0.2, -0.15) is 12.1 Å². The van der Waals surface area contributed by atoms with Crippen LogP contribution in [0.1, 0.15) is 0 Å². The summed E-state index contributed by atoms with van der Waals surface area (Å²) in [5.74, 6) is 0. The minimum atomic E-state index is 0. The quantitative estimate of drug-likeness (QED) is 0.309. The smallest absolute Gasteiger partial charge is 0.150 e. The summed E-state index contributed by atoms with van der Waals surface area (Å²) in [6, 6.07) is 28.2. The van der Waals surface area contributed by atoms with Gasteiger partial charge in [0, 0.05) is 25.8 Å². The summed E-state index contributed by atoms with van der Waals surface area (Å²) in [6.07, 6.45) is 3.28. The molecule has 1 nitrogen and oxygen atoms in total. The van der Waals surface area contributed by atoms with Gasteiger partial charge in [0.05, 0.1) is 0 Å².